The Morgan fingerprint density at radius 1 is 1.17 bits per heavy atom. The average molecular weight is 394 g/mol. The van der Waals surface area contributed by atoms with Crippen molar-refractivity contribution in [2.24, 2.45) is 0 Å². The van der Waals surface area contributed by atoms with E-state index in [0.29, 0.717) is 34.6 Å². The molecule has 0 spiro atoms. The fourth-order valence-electron chi connectivity index (χ4n) is 3.15. The molecular formula is C22H26N4O3. The van der Waals surface area contributed by atoms with Gasteiger partial charge < -0.3 is 14.7 Å². The topological polar surface area (TPSA) is 88.3 Å². The molecule has 0 radical (unpaired) electrons. The van der Waals surface area contributed by atoms with Crippen molar-refractivity contribution in [3.63, 3.8) is 0 Å². The molecule has 7 nitrogen and oxygen atoms in total. The van der Waals surface area contributed by atoms with Crippen molar-refractivity contribution in [2.75, 3.05) is 13.1 Å². The number of hydrogen-bond donors (Lipinski definition) is 1. The van der Waals surface area contributed by atoms with Gasteiger partial charge in [0, 0.05) is 17.6 Å². The van der Waals surface area contributed by atoms with Crippen LogP contribution in [0.2, 0.25) is 0 Å². The summed E-state index contributed by atoms with van der Waals surface area (Å²) >= 11 is 0. The van der Waals surface area contributed by atoms with E-state index in [1.54, 1.807) is 13.0 Å². The van der Waals surface area contributed by atoms with E-state index in [4.69, 9.17) is 4.52 Å². The fourth-order valence-corrected chi connectivity index (χ4v) is 3.15. The molecule has 3 rings (SSSR count). The SMILES string of the molecule is CCN(CC(=O)NC(C)(C)C)C(=O)c1cc(-c2ccccc2)nc2onc(C)c12. The van der Waals surface area contributed by atoms with E-state index in [1.165, 1.54) is 4.90 Å². The number of aromatic nitrogens is 2. The van der Waals surface area contributed by atoms with E-state index in [0.717, 1.165) is 5.56 Å². The predicted octanol–water partition coefficient (Wildman–Crippen LogP) is 3.58. The molecule has 1 N–H and O–H groups in total. The van der Waals surface area contributed by atoms with Gasteiger partial charge in [-0.05, 0) is 40.7 Å². The minimum absolute atomic E-state index is 0.0264. The number of nitrogens with one attached hydrogen (secondary N) is 1. The van der Waals surface area contributed by atoms with Crippen molar-refractivity contribution in [1.29, 1.82) is 0 Å². The highest BCUT2D eigenvalue weighted by Gasteiger charge is 2.25. The number of pyridine rings is 1. The van der Waals surface area contributed by atoms with Gasteiger partial charge >= 0.3 is 0 Å². The Bertz CT molecular complexity index is 1040. The van der Waals surface area contributed by atoms with Crippen LogP contribution in [-0.2, 0) is 4.79 Å². The summed E-state index contributed by atoms with van der Waals surface area (Å²) in [5, 5.41) is 7.45. The van der Waals surface area contributed by atoms with Crippen molar-refractivity contribution in [2.45, 2.75) is 40.2 Å². The number of carbonyl (C=O) groups is 2. The number of nitrogens with zero attached hydrogens (tertiary/aromatic N) is 3. The lowest BCUT2D eigenvalue weighted by atomic mass is 10.0. The minimum atomic E-state index is -0.366. The Balaban J connectivity index is 2.01. The first-order chi connectivity index (χ1) is 13.7. The van der Waals surface area contributed by atoms with E-state index >= 15 is 0 Å². The van der Waals surface area contributed by atoms with Crippen LogP contribution in [0.25, 0.3) is 22.4 Å². The van der Waals surface area contributed by atoms with E-state index in [-0.39, 0.29) is 23.9 Å². The van der Waals surface area contributed by atoms with Crippen LogP contribution in [0.1, 0.15) is 43.7 Å². The number of amides is 2. The normalized spacial score (nSPS) is 11.5. The Hall–Kier alpha value is -3.22. The summed E-state index contributed by atoms with van der Waals surface area (Å²) in [5.74, 6) is -0.462. The number of benzene rings is 1. The van der Waals surface area contributed by atoms with E-state index < -0.39 is 0 Å². The molecule has 0 fully saturated rings. The highest BCUT2D eigenvalue weighted by molar-refractivity contribution is 6.07. The van der Waals surface area contributed by atoms with Crippen molar-refractivity contribution >= 4 is 22.9 Å². The molecule has 0 atom stereocenters. The first-order valence-corrected chi connectivity index (χ1v) is 9.62. The van der Waals surface area contributed by atoms with Crippen molar-refractivity contribution in [1.82, 2.24) is 20.4 Å². The number of aryl methyl sites for hydroxylation is 1. The zero-order chi connectivity index (χ0) is 21.2. The van der Waals surface area contributed by atoms with Crippen LogP contribution in [0, 0.1) is 6.92 Å². The Kier molecular flexibility index (Phi) is 5.68. The number of fused-ring (bicyclic) bond motifs is 1. The molecule has 0 saturated carbocycles. The molecule has 0 unspecified atom stereocenters. The Morgan fingerprint density at radius 2 is 1.86 bits per heavy atom. The molecule has 29 heavy (non-hydrogen) atoms. The highest BCUT2D eigenvalue weighted by atomic mass is 16.5. The maximum atomic E-state index is 13.4. The van der Waals surface area contributed by atoms with Gasteiger partial charge in [0.2, 0.25) is 5.91 Å². The predicted molar refractivity (Wildman–Crippen MR) is 111 cm³/mol. The van der Waals surface area contributed by atoms with Gasteiger partial charge in [-0.2, -0.15) is 0 Å². The molecule has 1 aromatic carbocycles. The lowest BCUT2D eigenvalue weighted by molar-refractivity contribution is -0.123. The van der Waals surface area contributed by atoms with Gasteiger partial charge in [-0.15, -0.1) is 0 Å². The third-order valence-electron chi connectivity index (χ3n) is 4.43. The number of hydrogen-bond acceptors (Lipinski definition) is 5. The summed E-state index contributed by atoms with van der Waals surface area (Å²) in [6.07, 6.45) is 0. The summed E-state index contributed by atoms with van der Waals surface area (Å²) in [6, 6.07) is 11.3. The minimum Gasteiger partial charge on any atom is -0.350 e. The number of likely N-dealkylation sites (N-methyl/N-ethyl adjacent to an activating group) is 1. The maximum absolute atomic E-state index is 13.4. The summed E-state index contributed by atoms with van der Waals surface area (Å²) in [6.45, 7) is 9.70. The van der Waals surface area contributed by atoms with Crippen molar-refractivity contribution in [3.05, 3.63) is 47.7 Å². The van der Waals surface area contributed by atoms with E-state index in [9.17, 15) is 9.59 Å². The van der Waals surface area contributed by atoms with Gasteiger partial charge in [-0.3, -0.25) is 9.59 Å². The summed E-state index contributed by atoms with van der Waals surface area (Å²) in [7, 11) is 0. The second-order valence-electron chi connectivity index (χ2n) is 7.99. The van der Waals surface area contributed by atoms with Crippen LogP contribution in [0.15, 0.2) is 40.9 Å². The van der Waals surface area contributed by atoms with Gasteiger partial charge in [0.15, 0.2) is 0 Å². The average Bonchev–Trinajstić information content (AvgIpc) is 3.05. The van der Waals surface area contributed by atoms with E-state index in [2.05, 4.69) is 15.5 Å². The third-order valence-corrected chi connectivity index (χ3v) is 4.43. The summed E-state index contributed by atoms with van der Waals surface area (Å²) in [4.78, 5) is 31.8. The fraction of sp³-hybridized carbons (Fsp3) is 0.364. The van der Waals surface area contributed by atoms with Gasteiger partial charge in [0.05, 0.1) is 28.9 Å². The molecule has 2 amide bonds. The largest absolute Gasteiger partial charge is 0.350 e. The Morgan fingerprint density at radius 3 is 2.48 bits per heavy atom. The lowest BCUT2D eigenvalue weighted by Gasteiger charge is -2.25. The third kappa shape index (κ3) is 4.62. The molecule has 7 heteroatoms. The molecule has 2 aromatic heterocycles. The Labute approximate surface area is 170 Å². The highest BCUT2D eigenvalue weighted by Crippen LogP contribution is 2.27. The maximum Gasteiger partial charge on any atom is 0.259 e. The molecule has 152 valence electrons. The molecule has 0 aliphatic heterocycles. The van der Waals surface area contributed by atoms with Crippen LogP contribution >= 0.6 is 0 Å². The van der Waals surface area contributed by atoms with Gasteiger partial charge in [-0.1, -0.05) is 35.5 Å². The van der Waals surface area contributed by atoms with Gasteiger partial charge in [-0.25, -0.2) is 4.98 Å². The van der Waals surface area contributed by atoms with Crippen LogP contribution in [0.3, 0.4) is 0 Å². The lowest BCUT2D eigenvalue weighted by Crippen LogP contribution is -2.47. The zero-order valence-corrected chi connectivity index (χ0v) is 17.4. The standard InChI is InChI=1S/C22H26N4O3/c1-6-26(13-18(27)24-22(3,4)5)21(28)16-12-17(15-10-8-7-9-11-15)23-20-19(16)14(2)25-29-20/h7-12H,6,13H2,1-5H3,(H,24,27). The molecule has 0 aliphatic rings. The molecule has 0 saturated heterocycles. The van der Waals surface area contributed by atoms with Crippen molar-refractivity contribution < 1.29 is 14.1 Å². The quantitative estimate of drug-likeness (QED) is 0.715. The van der Waals surface area contributed by atoms with E-state index in [1.807, 2.05) is 58.0 Å². The zero-order valence-electron chi connectivity index (χ0n) is 17.4. The van der Waals surface area contributed by atoms with Gasteiger partial charge in [0.1, 0.15) is 0 Å². The summed E-state index contributed by atoms with van der Waals surface area (Å²) in [5.41, 5.74) is 2.44. The van der Waals surface area contributed by atoms with Crippen LogP contribution in [-0.4, -0.2) is 45.5 Å². The summed E-state index contributed by atoms with van der Waals surface area (Å²) < 4.78 is 5.35. The molecule has 2 heterocycles. The van der Waals surface area contributed by atoms with Crippen LogP contribution in [0.4, 0.5) is 0 Å². The second-order valence-corrected chi connectivity index (χ2v) is 7.99. The van der Waals surface area contributed by atoms with Gasteiger partial charge in [0.25, 0.3) is 11.6 Å². The van der Waals surface area contributed by atoms with Crippen LogP contribution in [0.5, 0.6) is 0 Å². The molecule has 0 bridgehead atoms. The van der Waals surface area contributed by atoms with Crippen LogP contribution < -0.4 is 5.32 Å². The monoisotopic (exact) mass is 394 g/mol. The molecule has 3 aromatic rings. The second kappa shape index (κ2) is 8.03. The number of rotatable bonds is 5. The van der Waals surface area contributed by atoms with Crippen molar-refractivity contribution in [3.8, 4) is 11.3 Å². The molecular weight excluding hydrogens is 368 g/mol. The smallest absolute Gasteiger partial charge is 0.259 e. The first-order valence-electron chi connectivity index (χ1n) is 9.62. The number of carbonyl (C=O) groups excluding carboxylic acids is 2. The first kappa shape index (κ1) is 20.5. The molecule has 0 aliphatic carbocycles.